The molecule has 1 saturated carbocycles. The Balaban J connectivity index is 1.98. The zero-order chi connectivity index (χ0) is 13.2. The van der Waals surface area contributed by atoms with E-state index in [1.54, 1.807) is 0 Å². The van der Waals surface area contributed by atoms with Gasteiger partial charge in [-0.3, -0.25) is 9.88 Å². The van der Waals surface area contributed by atoms with Crippen LogP contribution in [0.1, 0.15) is 32.3 Å². The molecule has 2 N–H and O–H groups in total. The van der Waals surface area contributed by atoms with Gasteiger partial charge in [-0.1, -0.05) is 19.9 Å². The molecule has 1 aliphatic rings. The maximum atomic E-state index is 6.03. The first-order valence-electron chi connectivity index (χ1n) is 6.87. The summed E-state index contributed by atoms with van der Waals surface area (Å²) in [6, 6.07) is 4.13. The van der Waals surface area contributed by atoms with E-state index in [0.717, 1.165) is 24.9 Å². The van der Waals surface area contributed by atoms with Crippen LogP contribution in [0.2, 0.25) is 0 Å². The Morgan fingerprint density at radius 1 is 1.50 bits per heavy atom. The molecule has 0 radical (unpaired) electrons. The van der Waals surface area contributed by atoms with Crippen molar-refractivity contribution < 1.29 is 0 Å². The summed E-state index contributed by atoms with van der Waals surface area (Å²) in [4.78, 5) is 6.59. The monoisotopic (exact) mass is 247 g/mol. The van der Waals surface area contributed by atoms with E-state index in [1.807, 2.05) is 18.5 Å². The normalized spacial score (nSPS) is 27.6. The second-order valence-corrected chi connectivity index (χ2v) is 6.06. The lowest BCUT2D eigenvalue weighted by molar-refractivity contribution is -0.0244. The third-order valence-corrected chi connectivity index (χ3v) is 4.56. The molecule has 0 spiro atoms. The fourth-order valence-corrected chi connectivity index (χ4v) is 2.96. The first-order chi connectivity index (χ1) is 8.57. The number of likely N-dealkylation sites (N-methyl/N-ethyl adjacent to an activating group) is 1. The summed E-state index contributed by atoms with van der Waals surface area (Å²) in [6.45, 7) is 6.32. The Hall–Kier alpha value is -0.930. The summed E-state index contributed by atoms with van der Waals surface area (Å²) >= 11 is 0. The lowest BCUT2D eigenvalue weighted by atomic mass is 9.63. The van der Waals surface area contributed by atoms with Gasteiger partial charge in [0.05, 0.1) is 0 Å². The fourth-order valence-electron chi connectivity index (χ4n) is 2.96. The van der Waals surface area contributed by atoms with Crippen LogP contribution in [0.5, 0.6) is 0 Å². The van der Waals surface area contributed by atoms with Gasteiger partial charge in [-0.25, -0.2) is 0 Å². The van der Waals surface area contributed by atoms with Crippen LogP contribution in [0, 0.1) is 11.8 Å². The second kappa shape index (κ2) is 5.37. The Morgan fingerprint density at radius 3 is 2.72 bits per heavy atom. The number of hydrogen-bond acceptors (Lipinski definition) is 3. The zero-order valence-corrected chi connectivity index (χ0v) is 11.8. The molecule has 3 heteroatoms. The number of nitrogens with zero attached hydrogens (tertiary/aromatic N) is 2. The van der Waals surface area contributed by atoms with Gasteiger partial charge in [-0.2, -0.15) is 0 Å². The van der Waals surface area contributed by atoms with E-state index >= 15 is 0 Å². The fraction of sp³-hybridized carbons (Fsp3) is 0.667. The summed E-state index contributed by atoms with van der Waals surface area (Å²) in [7, 11) is 2.19. The van der Waals surface area contributed by atoms with Crippen molar-refractivity contribution in [2.45, 2.75) is 38.8 Å². The molecule has 1 aromatic heterocycles. The van der Waals surface area contributed by atoms with Gasteiger partial charge >= 0.3 is 0 Å². The van der Waals surface area contributed by atoms with E-state index in [1.165, 1.54) is 18.4 Å². The quantitative estimate of drug-likeness (QED) is 0.868. The summed E-state index contributed by atoms with van der Waals surface area (Å²) in [5, 5.41) is 0. The van der Waals surface area contributed by atoms with Crippen molar-refractivity contribution >= 4 is 0 Å². The van der Waals surface area contributed by atoms with Crippen molar-refractivity contribution in [3.8, 4) is 0 Å². The molecule has 2 rings (SSSR count). The van der Waals surface area contributed by atoms with Gasteiger partial charge in [0.1, 0.15) is 0 Å². The van der Waals surface area contributed by atoms with Crippen molar-refractivity contribution in [1.29, 1.82) is 0 Å². The minimum absolute atomic E-state index is 0.213. The molecule has 100 valence electrons. The molecule has 0 saturated heterocycles. The van der Waals surface area contributed by atoms with Gasteiger partial charge in [-0.05, 0) is 43.4 Å². The van der Waals surface area contributed by atoms with E-state index in [0.29, 0.717) is 0 Å². The first kappa shape index (κ1) is 13.5. The molecule has 0 aromatic carbocycles. The molecular weight excluding hydrogens is 222 g/mol. The van der Waals surface area contributed by atoms with Gasteiger partial charge in [0.25, 0.3) is 0 Å². The van der Waals surface area contributed by atoms with Crippen LogP contribution in [0.25, 0.3) is 0 Å². The minimum atomic E-state index is 0.213. The second-order valence-electron chi connectivity index (χ2n) is 6.06. The van der Waals surface area contributed by atoms with Crippen molar-refractivity contribution in [3.63, 3.8) is 0 Å². The van der Waals surface area contributed by atoms with Gasteiger partial charge in [0, 0.05) is 31.0 Å². The highest BCUT2D eigenvalue weighted by molar-refractivity contribution is 5.11. The average Bonchev–Trinajstić information content (AvgIpc) is 2.29. The molecule has 1 heterocycles. The van der Waals surface area contributed by atoms with Gasteiger partial charge in [-0.15, -0.1) is 0 Å². The predicted molar refractivity (Wildman–Crippen MR) is 75.1 cm³/mol. The molecule has 0 aliphatic heterocycles. The Morgan fingerprint density at radius 2 is 2.22 bits per heavy atom. The van der Waals surface area contributed by atoms with Crippen LogP contribution in [0.15, 0.2) is 24.5 Å². The summed E-state index contributed by atoms with van der Waals surface area (Å²) in [5.74, 6) is 1.61. The lowest BCUT2D eigenvalue weighted by Crippen LogP contribution is -2.60. The maximum absolute atomic E-state index is 6.03. The van der Waals surface area contributed by atoms with Crippen molar-refractivity contribution in [2.24, 2.45) is 17.6 Å². The Bertz CT molecular complexity index is 369. The third kappa shape index (κ3) is 2.57. The maximum Gasteiger partial charge on any atom is 0.0337 e. The van der Waals surface area contributed by atoms with E-state index in [9.17, 15) is 0 Å². The number of pyridine rings is 1. The minimum Gasteiger partial charge on any atom is -0.329 e. The molecule has 3 nitrogen and oxygen atoms in total. The number of rotatable bonds is 5. The Labute approximate surface area is 110 Å². The van der Waals surface area contributed by atoms with E-state index in [-0.39, 0.29) is 5.54 Å². The summed E-state index contributed by atoms with van der Waals surface area (Å²) in [5.41, 5.74) is 7.51. The van der Waals surface area contributed by atoms with Crippen LogP contribution < -0.4 is 5.73 Å². The zero-order valence-electron chi connectivity index (χ0n) is 11.8. The van der Waals surface area contributed by atoms with Crippen LogP contribution in [0.4, 0.5) is 0 Å². The first-order valence-corrected chi connectivity index (χ1v) is 6.87. The highest BCUT2D eigenvalue weighted by Gasteiger charge is 2.46. The molecule has 1 aromatic rings. The summed E-state index contributed by atoms with van der Waals surface area (Å²) in [6.07, 6.45) is 6.23. The third-order valence-electron chi connectivity index (χ3n) is 4.56. The topological polar surface area (TPSA) is 42.1 Å². The van der Waals surface area contributed by atoms with E-state index in [4.69, 9.17) is 5.73 Å². The molecule has 0 amide bonds. The molecule has 1 fully saturated rings. The molecule has 0 atom stereocenters. The predicted octanol–water partition coefficient (Wildman–Crippen LogP) is 2.28. The van der Waals surface area contributed by atoms with Gasteiger partial charge in [0.2, 0.25) is 0 Å². The van der Waals surface area contributed by atoms with Crippen molar-refractivity contribution in [2.75, 3.05) is 13.6 Å². The standard InChI is InChI=1S/C15H25N3/c1-12(2)14-7-15(8-14,11-16)18(3)10-13-5-4-6-17-9-13/h4-6,9,12,14H,7-8,10-11,16H2,1-3H3. The van der Waals surface area contributed by atoms with Crippen molar-refractivity contribution in [1.82, 2.24) is 9.88 Å². The largest absolute Gasteiger partial charge is 0.329 e. The smallest absolute Gasteiger partial charge is 0.0337 e. The number of hydrogen-bond donors (Lipinski definition) is 1. The van der Waals surface area contributed by atoms with Crippen LogP contribution in [-0.2, 0) is 6.54 Å². The molecule has 18 heavy (non-hydrogen) atoms. The molecule has 0 bridgehead atoms. The lowest BCUT2D eigenvalue weighted by Gasteiger charge is -2.54. The van der Waals surface area contributed by atoms with Crippen LogP contribution >= 0.6 is 0 Å². The van der Waals surface area contributed by atoms with Crippen LogP contribution in [-0.4, -0.2) is 29.0 Å². The van der Waals surface area contributed by atoms with Gasteiger partial charge in [0.15, 0.2) is 0 Å². The molecule has 1 aliphatic carbocycles. The van der Waals surface area contributed by atoms with E-state index in [2.05, 4.69) is 36.8 Å². The Kier molecular flexibility index (Phi) is 4.03. The number of aromatic nitrogens is 1. The molecule has 0 unspecified atom stereocenters. The van der Waals surface area contributed by atoms with Gasteiger partial charge < -0.3 is 5.73 Å². The number of nitrogens with two attached hydrogens (primary N) is 1. The molecular formula is C15H25N3. The average molecular weight is 247 g/mol. The highest BCUT2D eigenvalue weighted by atomic mass is 15.2. The van der Waals surface area contributed by atoms with E-state index < -0.39 is 0 Å². The highest BCUT2D eigenvalue weighted by Crippen LogP contribution is 2.45. The van der Waals surface area contributed by atoms with Crippen LogP contribution in [0.3, 0.4) is 0 Å². The SMILES string of the molecule is CC(C)C1CC(CN)(N(C)Cc2cccnc2)C1. The summed E-state index contributed by atoms with van der Waals surface area (Å²) < 4.78 is 0. The van der Waals surface area contributed by atoms with Crippen molar-refractivity contribution in [3.05, 3.63) is 30.1 Å².